The highest BCUT2D eigenvalue weighted by Crippen LogP contribution is 2.13. The molecule has 5 heteroatoms. The quantitative estimate of drug-likeness (QED) is 0.559. The maximum absolute atomic E-state index is 12.0. The van der Waals surface area contributed by atoms with Gasteiger partial charge in [-0.1, -0.05) is 40.5 Å². The van der Waals surface area contributed by atoms with Crippen LogP contribution in [-0.2, 0) is 4.79 Å². The highest BCUT2D eigenvalue weighted by atomic mass is 16.2. The SMILES string of the molecule is CCNC(=NCC(CC)CC)NC1CCN(C(=O)C(C)C)CC1. The molecule has 1 rings (SSSR count). The van der Waals surface area contributed by atoms with Crippen LogP contribution < -0.4 is 10.6 Å². The fraction of sp³-hybridized carbons (Fsp3) is 0.889. The predicted octanol–water partition coefficient (Wildman–Crippen LogP) is 2.62. The van der Waals surface area contributed by atoms with Gasteiger partial charge < -0.3 is 15.5 Å². The number of piperidine rings is 1. The van der Waals surface area contributed by atoms with E-state index in [1.807, 2.05) is 18.7 Å². The van der Waals surface area contributed by atoms with E-state index in [1.165, 1.54) is 12.8 Å². The lowest BCUT2D eigenvalue weighted by molar-refractivity contribution is -0.135. The molecule has 0 aromatic rings. The number of carbonyl (C=O) groups excluding carboxylic acids is 1. The third-order valence-corrected chi connectivity index (χ3v) is 4.65. The standard InChI is InChI=1S/C18H36N4O/c1-6-15(7-2)13-20-18(19-8-3)21-16-9-11-22(12-10-16)17(23)14(4)5/h14-16H,6-13H2,1-5H3,(H2,19,20,21). The fourth-order valence-corrected chi connectivity index (χ4v) is 2.89. The summed E-state index contributed by atoms with van der Waals surface area (Å²) in [6.45, 7) is 13.9. The highest BCUT2D eigenvalue weighted by molar-refractivity contribution is 5.80. The molecule has 0 spiro atoms. The van der Waals surface area contributed by atoms with Gasteiger partial charge >= 0.3 is 0 Å². The Morgan fingerprint density at radius 3 is 2.26 bits per heavy atom. The fourth-order valence-electron chi connectivity index (χ4n) is 2.89. The highest BCUT2D eigenvalue weighted by Gasteiger charge is 2.24. The molecular formula is C18H36N4O. The Bertz CT molecular complexity index is 369. The first-order valence-electron chi connectivity index (χ1n) is 9.35. The van der Waals surface area contributed by atoms with Gasteiger partial charge in [-0.05, 0) is 25.7 Å². The summed E-state index contributed by atoms with van der Waals surface area (Å²) in [6, 6.07) is 0.408. The molecule has 2 N–H and O–H groups in total. The van der Waals surface area contributed by atoms with Crippen molar-refractivity contribution in [2.24, 2.45) is 16.8 Å². The third kappa shape index (κ3) is 6.80. The van der Waals surface area contributed by atoms with Crippen molar-refractivity contribution in [1.29, 1.82) is 0 Å². The Balaban J connectivity index is 2.49. The molecule has 0 aromatic carbocycles. The number of hydrogen-bond donors (Lipinski definition) is 2. The van der Waals surface area contributed by atoms with Crippen LogP contribution in [0, 0.1) is 11.8 Å². The molecule has 1 heterocycles. The zero-order valence-corrected chi connectivity index (χ0v) is 15.7. The maximum atomic E-state index is 12.0. The number of guanidine groups is 1. The Hall–Kier alpha value is -1.26. The molecule has 0 radical (unpaired) electrons. The predicted molar refractivity (Wildman–Crippen MR) is 97.6 cm³/mol. The van der Waals surface area contributed by atoms with Gasteiger partial charge in [0, 0.05) is 38.1 Å². The normalized spacial score (nSPS) is 17.0. The lowest BCUT2D eigenvalue weighted by Gasteiger charge is -2.34. The Morgan fingerprint density at radius 2 is 1.78 bits per heavy atom. The number of carbonyl (C=O) groups is 1. The largest absolute Gasteiger partial charge is 0.357 e. The number of hydrogen-bond acceptors (Lipinski definition) is 2. The molecule has 1 saturated heterocycles. The van der Waals surface area contributed by atoms with Gasteiger partial charge in [0.05, 0.1) is 0 Å². The van der Waals surface area contributed by atoms with Crippen molar-refractivity contribution >= 4 is 11.9 Å². The van der Waals surface area contributed by atoms with Crippen LogP contribution in [0.4, 0.5) is 0 Å². The minimum absolute atomic E-state index is 0.0958. The molecule has 134 valence electrons. The number of amides is 1. The molecule has 1 amide bonds. The van der Waals surface area contributed by atoms with Gasteiger partial charge in [-0.15, -0.1) is 0 Å². The molecule has 0 atom stereocenters. The van der Waals surface area contributed by atoms with Crippen LogP contribution in [0.1, 0.15) is 60.3 Å². The zero-order valence-electron chi connectivity index (χ0n) is 15.7. The average Bonchev–Trinajstić information content (AvgIpc) is 2.55. The van der Waals surface area contributed by atoms with Gasteiger partial charge in [-0.3, -0.25) is 9.79 Å². The molecule has 1 aliphatic heterocycles. The van der Waals surface area contributed by atoms with Crippen molar-refractivity contribution in [1.82, 2.24) is 15.5 Å². The van der Waals surface area contributed by atoms with Crippen molar-refractivity contribution in [3.05, 3.63) is 0 Å². The first kappa shape index (κ1) is 19.8. The van der Waals surface area contributed by atoms with Crippen molar-refractivity contribution in [2.75, 3.05) is 26.2 Å². The van der Waals surface area contributed by atoms with Crippen molar-refractivity contribution in [2.45, 2.75) is 66.3 Å². The third-order valence-electron chi connectivity index (χ3n) is 4.65. The topological polar surface area (TPSA) is 56.7 Å². The van der Waals surface area contributed by atoms with Gasteiger partial charge in [0.15, 0.2) is 5.96 Å². The summed E-state index contributed by atoms with van der Waals surface area (Å²) >= 11 is 0. The average molecular weight is 325 g/mol. The van der Waals surface area contributed by atoms with Gasteiger partial charge in [-0.25, -0.2) is 0 Å². The summed E-state index contributed by atoms with van der Waals surface area (Å²) in [4.78, 5) is 18.8. The molecule has 1 fully saturated rings. The number of rotatable bonds is 7. The maximum Gasteiger partial charge on any atom is 0.225 e. The molecule has 0 aliphatic carbocycles. The van der Waals surface area contributed by atoms with E-state index in [2.05, 4.69) is 31.4 Å². The molecule has 5 nitrogen and oxygen atoms in total. The molecule has 23 heavy (non-hydrogen) atoms. The van der Waals surface area contributed by atoms with Gasteiger partial charge in [0.25, 0.3) is 0 Å². The number of likely N-dealkylation sites (tertiary alicyclic amines) is 1. The van der Waals surface area contributed by atoms with Crippen molar-refractivity contribution < 1.29 is 4.79 Å². The minimum atomic E-state index is 0.0958. The summed E-state index contributed by atoms with van der Waals surface area (Å²) in [7, 11) is 0. The van der Waals surface area contributed by atoms with Gasteiger partial charge in [0.1, 0.15) is 0 Å². The first-order chi connectivity index (χ1) is 11.0. The monoisotopic (exact) mass is 324 g/mol. The van der Waals surface area contributed by atoms with Crippen LogP contribution >= 0.6 is 0 Å². The van der Waals surface area contributed by atoms with Gasteiger partial charge in [-0.2, -0.15) is 0 Å². The molecular weight excluding hydrogens is 288 g/mol. The van der Waals surface area contributed by atoms with E-state index in [0.29, 0.717) is 12.0 Å². The van der Waals surface area contributed by atoms with Crippen LogP contribution in [0.25, 0.3) is 0 Å². The minimum Gasteiger partial charge on any atom is -0.357 e. The van der Waals surface area contributed by atoms with Crippen LogP contribution in [0.5, 0.6) is 0 Å². The summed E-state index contributed by atoms with van der Waals surface area (Å²) in [6.07, 6.45) is 4.34. The molecule has 1 aliphatic rings. The van der Waals surface area contributed by atoms with E-state index in [1.54, 1.807) is 0 Å². The molecule has 0 bridgehead atoms. The number of nitrogens with zero attached hydrogens (tertiary/aromatic N) is 2. The van der Waals surface area contributed by atoms with Gasteiger partial charge in [0.2, 0.25) is 5.91 Å². The summed E-state index contributed by atoms with van der Waals surface area (Å²) in [5.74, 6) is 1.96. The molecule has 0 saturated carbocycles. The zero-order chi connectivity index (χ0) is 17.2. The van der Waals surface area contributed by atoms with E-state index in [0.717, 1.165) is 45.0 Å². The molecule has 0 aromatic heterocycles. The van der Waals surface area contributed by atoms with E-state index in [-0.39, 0.29) is 11.8 Å². The number of nitrogens with one attached hydrogen (secondary N) is 2. The first-order valence-corrected chi connectivity index (χ1v) is 9.35. The van der Waals surface area contributed by atoms with E-state index >= 15 is 0 Å². The lowest BCUT2D eigenvalue weighted by Crippen LogP contribution is -2.50. The summed E-state index contributed by atoms with van der Waals surface area (Å²) < 4.78 is 0. The second kappa shape index (κ2) is 10.5. The summed E-state index contributed by atoms with van der Waals surface area (Å²) in [5, 5.41) is 6.89. The van der Waals surface area contributed by atoms with Crippen LogP contribution in [0.2, 0.25) is 0 Å². The second-order valence-corrected chi connectivity index (χ2v) is 6.80. The lowest BCUT2D eigenvalue weighted by atomic mass is 10.0. The Labute approximate surface area is 142 Å². The van der Waals surface area contributed by atoms with Crippen LogP contribution in [0.15, 0.2) is 4.99 Å². The Kier molecular flexibility index (Phi) is 9.03. The number of aliphatic imine (C=N–C) groups is 1. The van der Waals surface area contributed by atoms with Crippen molar-refractivity contribution in [3.63, 3.8) is 0 Å². The van der Waals surface area contributed by atoms with Crippen LogP contribution in [0.3, 0.4) is 0 Å². The smallest absolute Gasteiger partial charge is 0.225 e. The van der Waals surface area contributed by atoms with E-state index < -0.39 is 0 Å². The van der Waals surface area contributed by atoms with Crippen LogP contribution in [-0.4, -0.2) is 49.0 Å². The summed E-state index contributed by atoms with van der Waals surface area (Å²) in [5.41, 5.74) is 0. The molecule has 0 unspecified atom stereocenters. The Morgan fingerprint density at radius 1 is 1.17 bits per heavy atom. The van der Waals surface area contributed by atoms with E-state index in [9.17, 15) is 4.79 Å². The van der Waals surface area contributed by atoms with Crippen molar-refractivity contribution in [3.8, 4) is 0 Å². The van der Waals surface area contributed by atoms with E-state index in [4.69, 9.17) is 4.99 Å². The second-order valence-electron chi connectivity index (χ2n) is 6.80.